The number of rotatable bonds is 16. The SMILES string of the molecule is CCCCOc1ccc(C(CCCC(C)C)C(=O)O)c(C(CCCC(C)C)C(=O)O)c1. The zero-order valence-electron chi connectivity index (χ0n) is 20.0. The standard InChI is InChI=1S/C26H42O5/c1-6-7-16-31-20-14-15-21(22(25(27)28)12-8-10-18(2)3)24(17-20)23(26(29)30)13-9-11-19(4)5/h14-15,17-19,22-23H,6-13,16H2,1-5H3,(H,27,28)(H,29,30). The van der Waals surface area contributed by atoms with Crippen LogP contribution in [0.5, 0.6) is 5.75 Å². The Labute approximate surface area is 188 Å². The number of unbranched alkanes of at least 4 members (excludes halogenated alkanes) is 1. The van der Waals surface area contributed by atoms with E-state index in [1.165, 1.54) is 0 Å². The summed E-state index contributed by atoms with van der Waals surface area (Å²) < 4.78 is 5.83. The van der Waals surface area contributed by atoms with Crippen LogP contribution in [0.1, 0.15) is 109 Å². The van der Waals surface area contributed by atoms with Gasteiger partial charge in [0.2, 0.25) is 0 Å². The Morgan fingerprint density at radius 3 is 1.77 bits per heavy atom. The van der Waals surface area contributed by atoms with Gasteiger partial charge in [-0.3, -0.25) is 9.59 Å². The first-order valence-corrected chi connectivity index (χ1v) is 11.9. The number of carbonyl (C=O) groups is 2. The van der Waals surface area contributed by atoms with Gasteiger partial charge in [-0.25, -0.2) is 0 Å². The smallest absolute Gasteiger partial charge is 0.310 e. The molecule has 31 heavy (non-hydrogen) atoms. The summed E-state index contributed by atoms with van der Waals surface area (Å²) in [5, 5.41) is 20.0. The van der Waals surface area contributed by atoms with E-state index in [1.807, 2.05) is 0 Å². The van der Waals surface area contributed by atoms with Crippen LogP contribution in [0, 0.1) is 11.8 Å². The van der Waals surface area contributed by atoms with Crippen molar-refractivity contribution in [3.63, 3.8) is 0 Å². The highest BCUT2D eigenvalue weighted by molar-refractivity contribution is 5.81. The maximum absolute atomic E-state index is 12.2. The van der Waals surface area contributed by atoms with E-state index < -0.39 is 23.8 Å². The average molecular weight is 435 g/mol. The molecule has 1 aromatic rings. The number of aliphatic carboxylic acids is 2. The molecule has 0 fully saturated rings. The molecule has 0 bridgehead atoms. The van der Waals surface area contributed by atoms with Crippen molar-refractivity contribution >= 4 is 11.9 Å². The molecule has 0 spiro atoms. The first-order chi connectivity index (χ1) is 14.7. The fraction of sp³-hybridized carbons (Fsp3) is 0.692. The Bertz CT molecular complexity index is 680. The summed E-state index contributed by atoms with van der Waals surface area (Å²) in [5.74, 6) is -1.60. The summed E-state index contributed by atoms with van der Waals surface area (Å²) in [7, 11) is 0. The van der Waals surface area contributed by atoms with Crippen molar-refractivity contribution in [1.29, 1.82) is 0 Å². The first-order valence-electron chi connectivity index (χ1n) is 11.9. The molecule has 5 nitrogen and oxygen atoms in total. The van der Waals surface area contributed by atoms with Crippen LogP contribution in [0.15, 0.2) is 18.2 Å². The molecule has 1 rings (SSSR count). The maximum atomic E-state index is 12.2. The lowest BCUT2D eigenvalue weighted by molar-refractivity contribution is -0.140. The number of ether oxygens (including phenoxy) is 1. The summed E-state index contributed by atoms with van der Waals surface area (Å²) in [4.78, 5) is 24.3. The molecule has 2 atom stereocenters. The van der Waals surface area contributed by atoms with E-state index in [2.05, 4.69) is 34.6 Å². The highest BCUT2D eigenvalue weighted by atomic mass is 16.5. The molecule has 0 heterocycles. The van der Waals surface area contributed by atoms with Gasteiger partial charge in [0.15, 0.2) is 0 Å². The summed E-state index contributed by atoms with van der Waals surface area (Å²) in [6.45, 7) is 11.1. The third-order valence-electron chi connectivity index (χ3n) is 5.72. The minimum Gasteiger partial charge on any atom is -0.494 e. The zero-order valence-corrected chi connectivity index (χ0v) is 20.0. The van der Waals surface area contributed by atoms with E-state index >= 15 is 0 Å². The number of carboxylic acid groups (broad SMARTS) is 2. The monoisotopic (exact) mass is 434 g/mol. The molecule has 0 aromatic heterocycles. The third kappa shape index (κ3) is 9.75. The van der Waals surface area contributed by atoms with Crippen LogP contribution in [0.25, 0.3) is 0 Å². The van der Waals surface area contributed by atoms with Gasteiger partial charge in [0.05, 0.1) is 18.4 Å². The molecule has 2 N–H and O–H groups in total. The molecule has 0 aliphatic rings. The lowest BCUT2D eigenvalue weighted by Gasteiger charge is -2.23. The first kappa shape index (κ1) is 27.0. The largest absolute Gasteiger partial charge is 0.494 e. The molecule has 2 unspecified atom stereocenters. The van der Waals surface area contributed by atoms with Crippen molar-refractivity contribution in [3.8, 4) is 5.75 Å². The molecule has 1 aromatic carbocycles. The van der Waals surface area contributed by atoms with Crippen molar-refractivity contribution in [3.05, 3.63) is 29.3 Å². The van der Waals surface area contributed by atoms with Crippen molar-refractivity contribution in [2.24, 2.45) is 11.8 Å². The highest BCUT2D eigenvalue weighted by Crippen LogP contribution is 2.36. The van der Waals surface area contributed by atoms with Crippen LogP contribution in [-0.4, -0.2) is 28.8 Å². The molecule has 0 radical (unpaired) electrons. The van der Waals surface area contributed by atoms with Gasteiger partial charge in [-0.15, -0.1) is 0 Å². The van der Waals surface area contributed by atoms with Crippen LogP contribution >= 0.6 is 0 Å². The van der Waals surface area contributed by atoms with E-state index in [-0.39, 0.29) is 0 Å². The summed E-state index contributed by atoms with van der Waals surface area (Å²) in [5.41, 5.74) is 1.22. The van der Waals surface area contributed by atoms with E-state index in [9.17, 15) is 19.8 Å². The molecule has 0 saturated heterocycles. The Morgan fingerprint density at radius 2 is 1.32 bits per heavy atom. The van der Waals surface area contributed by atoms with E-state index in [4.69, 9.17) is 4.74 Å². The van der Waals surface area contributed by atoms with Crippen LogP contribution in [0.3, 0.4) is 0 Å². The van der Waals surface area contributed by atoms with Gasteiger partial charge in [0.25, 0.3) is 0 Å². The normalized spacial score (nSPS) is 13.4. The predicted octanol–water partition coefficient (Wildman–Crippen LogP) is 6.85. The lowest BCUT2D eigenvalue weighted by Crippen LogP contribution is -2.19. The maximum Gasteiger partial charge on any atom is 0.310 e. The van der Waals surface area contributed by atoms with E-state index in [0.717, 1.165) is 38.5 Å². The molecular formula is C26H42O5. The summed E-state index contributed by atoms with van der Waals surface area (Å²) >= 11 is 0. The summed E-state index contributed by atoms with van der Waals surface area (Å²) in [6.07, 6.45) is 6.42. The van der Waals surface area contributed by atoms with Gasteiger partial charge in [-0.2, -0.15) is 0 Å². The Hall–Kier alpha value is -2.04. The second-order valence-corrected chi connectivity index (χ2v) is 9.42. The van der Waals surface area contributed by atoms with Crippen LogP contribution in [0.2, 0.25) is 0 Å². The van der Waals surface area contributed by atoms with E-state index in [1.54, 1.807) is 18.2 Å². The lowest BCUT2D eigenvalue weighted by atomic mass is 9.82. The number of hydrogen-bond donors (Lipinski definition) is 2. The Balaban J connectivity index is 3.28. The van der Waals surface area contributed by atoms with Crippen molar-refractivity contribution in [2.75, 3.05) is 6.61 Å². The third-order valence-corrected chi connectivity index (χ3v) is 5.72. The van der Waals surface area contributed by atoms with Gasteiger partial charge in [-0.1, -0.05) is 72.8 Å². The van der Waals surface area contributed by atoms with Crippen LogP contribution < -0.4 is 4.74 Å². The molecule has 5 heteroatoms. The number of benzene rings is 1. The second-order valence-electron chi connectivity index (χ2n) is 9.42. The fourth-order valence-electron chi connectivity index (χ4n) is 3.88. The quantitative estimate of drug-likeness (QED) is 0.278. The van der Waals surface area contributed by atoms with Crippen molar-refractivity contribution < 1.29 is 24.5 Å². The molecule has 0 aliphatic carbocycles. The number of hydrogen-bond acceptors (Lipinski definition) is 3. The second kappa shape index (κ2) is 14.1. The van der Waals surface area contributed by atoms with Crippen molar-refractivity contribution in [2.45, 2.75) is 97.8 Å². The van der Waals surface area contributed by atoms with E-state index in [0.29, 0.717) is 48.2 Å². The van der Waals surface area contributed by atoms with Gasteiger partial charge in [0.1, 0.15) is 5.75 Å². The van der Waals surface area contributed by atoms with Gasteiger partial charge < -0.3 is 14.9 Å². The molecule has 0 aliphatic heterocycles. The fourth-order valence-corrected chi connectivity index (χ4v) is 3.88. The predicted molar refractivity (Wildman–Crippen MR) is 125 cm³/mol. The number of carboxylic acids is 2. The minimum atomic E-state index is -0.901. The van der Waals surface area contributed by atoms with Crippen molar-refractivity contribution in [1.82, 2.24) is 0 Å². The topological polar surface area (TPSA) is 83.8 Å². The van der Waals surface area contributed by atoms with Crippen LogP contribution in [-0.2, 0) is 9.59 Å². The molecule has 0 amide bonds. The summed E-state index contributed by atoms with van der Waals surface area (Å²) in [6, 6.07) is 5.35. The van der Waals surface area contributed by atoms with Gasteiger partial charge >= 0.3 is 11.9 Å². The molecule has 176 valence electrons. The average Bonchev–Trinajstić information content (AvgIpc) is 2.68. The Morgan fingerprint density at radius 1 is 0.806 bits per heavy atom. The minimum absolute atomic E-state index is 0.497. The van der Waals surface area contributed by atoms with Crippen LogP contribution in [0.4, 0.5) is 0 Å². The molecular weight excluding hydrogens is 392 g/mol. The molecule has 0 saturated carbocycles. The Kier molecular flexibility index (Phi) is 12.3. The zero-order chi connectivity index (χ0) is 23.4. The van der Waals surface area contributed by atoms with Gasteiger partial charge in [0, 0.05) is 0 Å². The highest BCUT2D eigenvalue weighted by Gasteiger charge is 2.29. The van der Waals surface area contributed by atoms with Gasteiger partial charge in [-0.05, 0) is 54.4 Å².